The lowest BCUT2D eigenvalue weighted by molar-refractivity contribution is -0.154. The van der Waals surface area contributed by atoms with Gasteiger partial charge in [-0.1, -0.05) is 0 Å². The van der Waals surface area contributed by atoms with Crippen LogP contribution < -0.4 is 5.32 Å². The molecule has 0 saturated carbocycles. The van der Waals surface area contributed by atoms with Gasteiger partial charge in [0.15, 0.2) is 6.23 Å². The fourth-order valence-corrected chi connectivity index (χ4v) is 3.07. The van der Waals surface area contributed by atoms with Crippen LogP contribution in [0.2, 0.25) is 0 Å². The Bertz CT molecular complexity index is 597. The predicted molar refractivity (Wildman–Crippen MR) is 80.8 cm³/mol. The van der Waals surface area contributed by atoms with Crippen molar-refractivity contribution in [2.45, 2.75) is 24.5 Å². The van der Waals surface area contributed by atoms with Crippen LogP contribution in [0.15, 0.2) is 41.0 Å². The van der Waals surface area contributed by atoms with E-state index in [-0.39, 0.29) is 18.0 Å². The van der Waals surface area contributed by atoms with Gasteiger partial charge >= 0.3 is 0 Å². The van der Waals surface area contributed by atoms with E-state index in [0.717, 1.165) is 22.1 Å². The Labute approximate surface area is 127 Å². The van der Waals surface area contributed by atoms with Gasteiger partial charge in [0.2, 0.25) is 11.8 Å². The molecule has 1 aromatic rings. The third kappa shape index (κ3) is 3.21. The van der Waals surface area contributed by atoms with Crippen LogP contribution in [0.25, 0.3) is 0 Å². The van der Waals surface area contributed by atoms with Crippen molar-refractivity contribution in [2.24, 2.45) is 0 Å². The van der Waals surface area contributed by atoms with E-state index in [4.69, 9.17) is 4.74 Å². The number of amides is 2. The quantitative estimate of drug-likeness (QED) is 0.684. The molecule has 3 rings (SSSR count). The molecule has 2 saturated heterocycles. The molecule has 0 aliphatic carbocycles. The van der Waals surface area contributed by atoms with Crippen LogP contribution >= 0.6 is 11.8 Å². The first-order chi connectivity index (χ1) is 10.1. The molecule has 0 spiro atoms. The Kier molecular flexibility index (Phi) is 3.88. The van der Waals surface area contributed by atoms with Crippen LogP contribution in [0.3, 0.4) is 0 Å². The van der Waals surface area contributed by atoms with Crippen molar-refractivity contribution in [2.75, 3.05) is 17.6 Å². The maximum absolute atomic E-state index is 11.2. The van der Waals surface area contributed by atoms with Gasteiger partial charge in [0.1, 0.15) is 5.76 Å². The molecule has 2 amide bonds. The van der Waals surface area contributed by atoms with Gasteiger partial charge in [-0.15, -0.1) is 11.8 Å². The van der Waals surface area contributed by atoms with E-state index in [1.807, 2.05) is 30.3 Å². The summed E-state index contributed by atoms with van der Waals surface area (Å²) >= 11 is 1.69. The molecule has 110 valence electrons. The summed E-state index contributed by atoms with van der Waals surface area (Å²) in [6.45, 7) is 2.09. The van der Waals surface area contributed by atoms with Gasteiger partial charge in [-0.3, -0.25) is 14.5 Å². The summed E-state index contributed by atoms with van der Waals surface area (Å²) in [5.41, 5.74) is 0.798. The maximum atomic E-state index is 11.2. The number of carbonyl (C=O) groups is 2. The van der Waals surface area contributed by atoms with Crippen molar-refractivity contribution in [3.63, 3.8) is 0 Å². The molecule has 1 N–H and O–H groups in total. The predicted octanol–water partition coefficient (Wildman–Crippen LogP) is 2.21. The van der Waals surface area contributed by atoms with Crippen molar-refractivity contribution < 1.29 is 14.3 Å². The average molecular weight is 304 g/mol. The zero-order valence-corrected chi connectivity index (χ0v) is 12.5. The van der Waals surface area contributed by atoms with Crippen LogP contribution in [0.1, 0.15) is 13.3 Å². The fraction of sp³-hybridized carbons (Fsp3) is 0.333. The Balaban J connectivity index is 1.49. The van der Waals surface area contributed by atoms with Crippen molar-refractivity contribution in [1.29, 1.82) is 0 Å². The number of nitrogens with one attached hydrogen (secondary N) is 1. The summed E-state index contributed by atoms with van der Waals surface area (Å²) in [5, 5.41) is 2.74. The van der Waals surface area contributed by atoms with E-state index in [1.54, 1.807) is 16.7 Å². The van der Waals surface area contributed by atoms with Crippen molar-refractivity contribution in [3.05, 3.63) is 36.1 Å². The minimum Gasteiger partial charge on any atom is -0.473 e. The van der Waals surface area contributed by atoms with E-state index in [9.17, 15) is 9.59 Å². The minimum atomic E-state index is -0.0716. The van der Waals surface area contributed by atoms with E-state index in [1.165, 1.54) is 6.92 Å². The molecule has 1 atom stereocenters. The lowest BCUT2D eigenvalue weighted by atomic mass is 10.2. The van der Waals surface area contributed by atoms with Crippen LogP contribution in [-0.4, -0.2) is 35.2 Å². The van der Waals surface area contributed by atoms with Crippen LogP contribution in [0, 0.1) is 0 Å². The minimum absolute atomic E-state index is 0.0225. The van der Waals surface area contributed by atoms with Gasteiger partial charge in [0.05, 0.1) is 13.0 Å². The number of fused-ring (bicyclic) bond motifs is 1. The first kappa shape index (κ1) is 14.0. The molecule has 2 fully saturated rings. The number of hydrogen-bond donors (Lipinski definition) is 1. The van der Waals surface area contributed by atoms with Crippen molar-refractivity contribution in [3.8, 4) is 0 Å². The molecule has 6 heteroatoms. The molecule has 0 aromatic heterocycles. The second-order valence-corrected chi connectivity index (χ2v) is 6.08. The van der Waals surface area contributed by atoms with Gasteiger partial charge in [-0.25, -0.2) is 0 Å². The highest BCUT2D eigenvalue weighted by atomic mass is 32.2. The number of benzene rings is 1. The summed E-state index contributed by atoms with van der Waals surface area (Å²) in [4.78, 5) is 25.0. The number of anilines is 1. The molecular weight excluding hydrogens is 288 g/mol. The average Bonchev–Trinajstić information content (AvgIpc) is 2.77. The zero-order chi connectivity index (χ0) is 14.8. The highest BCUT2D eigenvalue weighted by Crippen LogP contribution is 2.31. The number of nitrogens with zero attached hydrogens (tertiary/aromatic N) is 1. The molecule has 21 heavy (non-hydrogen) atoms. The number of thioether (sulfide) groups is 1. The lowest BCUT2D eigenvalue weighted by Gasteiger charge is -2.30. The Morgan fingerprint density at radius 3 is 2.86 bits per heavy atom. The monoisotopic (exact) mass is 304 g/mol. The third-order valence-corrected chi connectivity index (χ3v) is 4.31. The van der Waals surface area contributed by atoms with E-state index in [0.29, 0.717) is 13.0 Å². The standard InChI is InChI=1S/C15H16N2O3S/c1-10(18)16-11-2-4-13(5-3-11)21-7-6-12-9-17-14(19)8-15(17)20-12/h2-6,15H,7-9H2,1H3,(H,16,18)/t15-/m1/s1. The van der Waals surface area contributed by atoms with Gasteiger partial charge in [-0.2, -0.15) is 0 Å². The molecule has 0 radical (unpaired) electrons. The Hall–Kier alpha value is -1.95. The molecule has 0 unspecified atom stereocenters. The zero-order valence-electron chi connectivity index (χ0n) is 11.7. The fourth-order valence-electron chi connectivity index (χ4n) is 2.28. The number of β-lactam (4-membered cyclic amide) rings is 1. The second kappa shape index (κ2) is 5.81. The lowest BCUT2D eigenvalue weighted by Crippen LogP contribution is -2.48. The molecule has 2 aliphatic rings. The highest BCUT2D eigenvalue weighted by Gasteiger charge is 2.43. The number of hydrogen-bond acceptors (Lipinski definition) is 4. The number of rotatable bonds is 4. The van der Waals surface area contributed by atoms with E-state index in [2.05, 4.69) is 5.32 Å². The first-order valence-corrected chi connectivity index (χ1v) is 7.76. The highest BCUT2D eigenvalue weighted by molar-refractivity contribution is 7.99. The molecule has 2 aliphatic heterocycles. The summed E-state index contributed by atoms with van der Waals surface area (Å²) in [5.74, 6) is 1.78. The largest absolute Gasteiger partial charge is 0.473 e. The Morgan fingerprint density at radius 1 is 1.48 bits per heavy atom. The molecule has 1 aromatic carbocycles. The van der Waals surface area contributed by atoms with Gasteiger partial charge in [-0.05, 0) is 30.3 Å². The molecule has 2 heterocycles. The normalized spacial score (nSPS) is 21.8. The van der Waals surface area contributed by atoms with E-state index < -0.39 is 0 Å². The van der Waals surface area contributed by atoms with Crippen molar-refractivity contribution >= 4 is 29.3 Å². The third-order valence-electron chi connectivity index (χ3n) is 3.37. The topological polar surface area (TPSA) is 58.6 Å². The first-order valence-electron chi connectivity index (χ1n) is 6.77. The Morgan fingerprint density at radius 2 is 2.24 bits per heavy atom. The number of carbonyl (C=O) groups excluding carboxylic acids is 2. The van der Waals surface area contributed by atoms with Gasteiger partial charge in [0.25, 0.3) is 0 Å². The van der Waals surface area contributed by atoms with Gasteiger partial charge < -0.3 is 10.1 Å². The molecule has 0 bridgehead atoms. The van der Waals surface area contributed by atoms with Crippen LogP contribution in [0.4, 0.5) is 5.69 Å². The van der Waals surface area contributed by atoms with E-state index >= 15 is 0 Å². The maximum Gasteiger partial charge on any atom is 0.231 e. The molecule has 5 nitrogen and oxygen atoms in total. The summed E-state index contributed by atoms with van der Waals surface area (Å²) in [7, 11) is 0. The smallest absolute Gasteiger partial charge is 0.231 e. The summed E-state index contributed by atoms with van der Waals surface area (Å²) < 4.78 is 5.64. The van der Waals surface area contributed by atoms with Crippen molar-refractivity contribution in [1.82, 2.24) is 4.90 Å². The summed E-state index contributed by atoms with van der Waals surface area (Å²) in [6, 6.07) is 7.71. The number of ether oxygens (including phenoxy) is 1. The van der Waals surface area contributed by atoms with Gasteiger partial charge in [0, 0.05) is 23.3 Å². The summed E-state index contributed by atoms with van der Waals surface area (Å²) in [6.07, 6.45) is 2.51. The SMILES string of the molecule is CC(=O)Nc1ccc(SCC=C2CN3C(=O)C[C@H]3O2)cc1. The second-order valence-electron chi connectivity index (χ2n) is 4.99. The van der Waals surface area contributed by atoms with Crippen LogP contribution in [0.5, 0.6) is 0 Å². The van der Waals surface area contributed by atoms with Crippen LogP contribution in [-0.2, 0) is 14.3 Å². The molecular formula is C15H16N2O3S.